The van der Waals surface area contributed by atoms with Crippen LogP contribution in [-0.4, -0.2) is 13.0 Å². The Kier molecular flexibility index (Phi) is 2.58. The number of benzene rings is 1. The van der Waals surface area contributed by atoms with Crippen molar-refractivity contribution in [1.82, 2.24) is 0 Å². The fourth-order valence-electron chi connectivity index (χ4n) is 0.728. The summed E-state index contributed by atoms with van der Waals surface area (Å²) in [6.45, 7) is 2.12. The maximum atomic E-state index is 10.2. The van der Waals surface area contributed by atoms with Gasteiger partial charge in [-0.2, -0.15) is 0 Å². The number of hydrogen-bond acceptors (Lipinski definition) is 1. The molecule has 2 heteroatoms. The predicted octanol–water partition coefficient (Wildman–Crippen LogP) is 1.43. The molecule has 1 nitrogen and oxygen atoms in total. The lowest BCUT2D eigenvalue weighted by atomic mass is 10.2. The van der Waals surface area contributed by atoms with Gasteiger partial charge in [0.1, 0.15) is 6.29 Å². The average Bonchev–Trinajstić information content (AvgIpc) is 2.05. The van der Waals surface area contributed by atoms with Gasteiger partial charge in [0.15, 0.2) is 0 Å². The van der Waals surface area contributed by atoms with Crippen LogP contribution in [0.2, 0.25) is 0 Å². The van der Waals surface area contributed by atoms with Crippen LogP contribution in [0, 0.1) is 0 Å². The molecule has 0 heterocycles. The van der Waals surface area contributed by atoms with E-state index in [-0.39, 0.29) is 0 Å². The highest BCUT2D eigenvalue weighted by molar-refractivity contribution is 7.46. The van der Waals surface area contributed by atoms with Crippen molar-refractivity contribution in [3.05, 3.63) is 29.8 Å². The molecule has 1 rings (SSSR count). The van der Waals surface area contributed by atoms with Gasteiger partial charge in [-0.3, -0.25) is 4.79 Å². The largest absolute Gasteiger partial charge is 0.298 e. The highest BCUT2D eigenvalue weighted by Crippen LogP contribution is 2.03. The summed E-state index contributed by atoms with van der Waals surface area (Å²) in [4.78, 5) is 10.2. The maximum absolute atomic E-state index is 10.2. The molecule has 1 unspecified atom stereocenters. The van der Waals surface area contributed by atoms with Crippen molar-refractivity contribution in [2.45, 2.75) is 0 Å². The van der Waals surface area contributed by atoms with E-state index in [1.807, 2.05) is 24.3 Å². The number of rotatable bonds is 2. The van der Waals surface area contributed by atoms with E-state index in [1.54, 1.807) is 0 Å². The van der Waals surface area contributed by atoms with Crippen LogP contribution in [0.5, 0.6) is 0 Å². The van der Waals surface area contributed by atoms with Crippen LogP contribution >= 0.6 is 8.58 Å². The second-order valence-electron chi connectivity index (χ2n) is 1.99. The van der Waals surface area contributed by atoms with Crippen molar-refractivity contribution in [1.29, 1.82) is 0 Å². The smallest absolute Gasteiger partial charge is 0.150 e. The molecule has 0 bridgehead atoms. The van der Waals surface area contributed by atoms with Gasteiger partial charge in [0.05, 0.1) is 0 Å². The van der Waals surface area contributed by atoms with Crippen LogP contribution in [0.4, 0.5) is 0 Å². The molecule has 0 aromatic heterocycles. The minimum absolute atomic E-state index is 0.752. The molecule has 0 spiro atoms. The van der Waals surface area contributed by atoms with E-state index in [4.69, 9.17) is 0 Å². The van der Waals surface area contributed by atoms with Crippen molar-refractivity contribution in [2.75, 3.05) is 6.66 Å². The monoisotopic (exact) mass is 152 g/mol. The minimum Gasteiger partial charge on any atom is -0.298 e. The highest BCUT2D eigenvalue weighted by Gasteiger charge is 1.88. The quantitative estimate of drug-likeness (QED) is 0.462. The van der Waals surface area contributed by atoms with Crippen LogP contribution in [0.25, 0.3) is 0 Å². The molecular formula is C8H9OP. The van der Waals surface area contributed by atoms with Gasteiger partial charge in [-0.25, -0.2) is 0 Å². The van der Waals surface area contributed by atoms with E-state index < -0.39 is 0 Å². The van der Waals surface area contributed by atoms with Crippen molar-refractivity contribution >= 4 is 20.2 Å². The van der Waals surface area contributed by atoms with Gasteiger partial charge in [-0.15, -0.1) is 0 Å². The van der Waals surface area contributed by atoms with Crippen LogP contribution in [0.15, 0.2) is 24.3 Å². The molecule has 0 aliphatic rings. The summed E-state index contributed by atoms with van der Waals surface area (Å²) in [5.41, 5.74) is 0.752. The van der Waals surface area contributed by atoms with Crippen molar-refractivity contribution in [3.8, 4) is 0 Å². The third kappa shape index (κ3) is 1.65. The number of carbonyl (C=O) groups is 1. The van der Waals surface area contributed by atoms with E-state index in [9.17, 15) is 4.79 Å². The first kappa shape index (κ1) is 7.43. The molecular weight excluding hydrogens is 143 g/mol. The van der Waals surface area contributed by atoms with Crippen molar-refractivity contribution in [3.63, 3.8) is 0 Å². The lowest BCUT2D eigenvalue weighted by molar-refractivity contribution is 0.112. The van der Waals surface area contributed by atoms with Crippen molar-refractivity contribution < 1.29 is 4.79 Å². The zero-order valence-electron chi connectivity index (χ0n) is 5.79. The van der Waals surface area contributed by atoms with E-state index in [2.05, 4.69) is 6.66 Å². The van der Waals surface area contributed by atoms with Gasteiger partial charge in [-0.05, 0) is 12.0 Å². The van der Waals surface area contributed by atoms with Gasteiger partial charge in [0.2, 0.25) is 0 Å². The first-order chi connectivity index (χ1) is 4.86. The van der Waals surface area contributed by atoms with E-state index in [0.29, 0.717) is 0 Å². The highest BCUT2D eigenvalue weighted by atomic mass is 31.1. The summed E-state index contributed by atoms with van der Waals surface area (Å²) in [5, 5.41) is 1.30. The molecule has 0 N–H and O–H groups in total. The third-order valence-electron chi connectivity index (χ3n) is 1.34. The molecule has 0 saturated heterocycles. The Balaban J connectivity index is 2.90. The van der Waals surface area contributed by atoms with Gasteiger partial charge in [0, 0.05) is 5.56 Å². The molecule has 0 aliphatic heterocycles. The maximum Gasteiger partial charge on any atom is 0.150 e. The number of hydrogen-bond donors (Lipinski definition) is 0. The zero-order valence-corrected chi connectivity index (χ0v) is 6.79. The first-order valence-electron chi connectivity index (χ1n) is 3.10. The fourth-order valence-corrected chi connectivity index (χ4v) is 1.23. The zero-order chi connectivity index (χ0) is 7.40. The lowest BCUT2D eigenvalue weighted by Gasteiger charge is -1.94. The normalized spacial score (nSPS) is 10.5. The van der Waals surface area contributed by atoms with Gasteiger partial charge in [-0.1, -0.05) is 32.8 Å². The van der Waals surface area contributed by atoms with Crippen LogP contribution in [0.3, 0.4) is 0 Å². The SMILES string of the molecule is CPc1ccc(C=O)cc1. The predicted molar refractivity (Wildman–Crippen MR) is 45.7 cm³/mol. The Morgan fingerprint density at radius 1 is 1.30 bits per heavy atom. The number of aldehydes is 1. The van der Waals surface area contributed by atoms with Crippen molar-refractivity contribution in [2.24, 2.45) is 0 Å². The van der Waals surface area contributed by atoms with Crippen LogP contribution in [0.1, 0.15) is 10.4 Å². The first-order valence-corrected chi connectivity index (χ1v) is 4.60. The van der Waals surface area contributed by atoms with E-state index >= 15 is 0 Å². The summed E-state index contributed by atoms with van der Waals surface area (Å²) in [7, 11) is 0.812. The summed E-state index contributed by atoms with van der Waals surface area (Å²) in [6, 6.07) is 7.67. The number of carbonyl (C=O) groups excluding carboxylic acids is 1. The molecule has 1 atom stereocenters. The van der Waals surface area contributed by atoms with Crippen LogP contribution in [-0.2, 0) is 0 Å². The fraction of sp³-hybridized carbons (Fsp3) is 0.125. The Labute approximate surface area is 62.2 Å². The summed E-state index contributed by atoms with van der Waals surface area (Å²) in [5.74, 6) is 0. The molecule has 0 fully saturated rings. The lowest BCUT2D eigenvalue weighted by Crippen LogP contribution is -1.92. The molecule has 0 radical (unpaired) electrons. The summed E-state index contributed by atoms with van der Waals surface area (Å²) in [6.07, 6.45) is 0.864. The molecule has 52 valence electrons. The Morgan fingerprint density at radius 2 is 1.90 bits per heavy atom. The van der Waals surface area contributed by atoms with E-state index in [1.165, 1.54) is 5.30 Å². The second kappa shape index (κ2) is 3.48. The molecule has 0 saturated carbocycles. The van der Waals surface area contributed by atoms with Gasteiger partial charge in [0.25, 0.3) is 0 Å². The van der Waals surface area contributed by atoms with E-state index in [0.717, 1.165) is 20.4 Å². The summed E-state index contributed by atoms with van der Waals surface area (Å²) < 4.78 is 0. The second-order valence-corrected chi connectivity index (χ2v) is 3.07. The van der Waals surface area contributed by atoms with Crippen LogP contribution < -0.4 is 5.30 Å². The average molecular weight is 152 g/mol. The molecule has 0 amide bonds. The molecule has 1 aromatic carbocycles. The van der Waals surface area contributed by atoms with Gasteiger partial charge >= 0.3 is 0 Å². The Hall–Kier alpha value is -0.680. The molecule has 1 aromatic rings. The Morgan fingerprint density at radius 3 is 2.30 bits per heavy atom. The topological polar surface area (TPSA) is 17.1 Å². The minimum atomic E-state index is 0.752. The van der Waals surface area contributed by atoms with Gasteiger partial charge < -0.3 is 0 Å². The third-order valence-corrected chi connectivity index (χ3v) is 2.25. The molecule has 0 aliphatic carbocycles. The molecule has 10 heavy (non-hydrogen) atoms. The summed E-state index contributed by atoms with van der Waals surface area (Å²) >= 11 is 0. The standard InChI is InChI=1S/C8H9OP/c1-10-8-4-2-7(6-9)3-5-8/h2-6,10H,1H3. The Bertz CT molecular complexity index is 215.